The summed E-state index contributed by atoms with van der Waals surface area (Å²) in [5.74, 6) is 1.62. The minimum Gasteiger partial charge on any atom is -0.229 e. The second-order valence-electron chi connectivity index (χ2n) is 6.57. The van der Waals surface area contributed by atoms with E-state index in [9.17, 15) is 8.42 Å². The van der Waals surface area contributed by atoms with Crippen LogP contribution in [0.2, 0.25) is 0 Å². The van der Waals surface area contributed by atoms with Crippen LogP contribution in [-0.2, 0) is 9.84 Å². The number of hydrogen-bond acceptors (Lipinski definition) is 2. The minimum atomic E-state index is -2.80. The summed E-state index contributed by atoms with van der Waals surface area (Å²) in [5.41, 5.74) is 2.67. The van der Waals surface area contributed by atoms with Gasteiger partial charge >= 0.3 is 0 Å². The molecule has 1 aliphatic carbocycles. The van der Waals surface area contributed by atoms with Crippen LogP contribution in [0.3, 0.4) is 0 Å². The number of sulfone groups is 1. The van der Waals surface area contributed by atoms with Gasteiger partial charge in [-0.25, -0.2) is 8.42 Å². The molecule has 1 saturated carbocycles. The van der Waals surface area contributed by atoms with E-state index in [-0.39, 0.29) is 10.7 Å². The van der Waals surface area contributed by atoms with Gasteiger partial charge in [-0.05, 0) is 42.2 Å². The second-order valence-corrected chi connectivity index (χ2v) is 9.78. The smallest absolute Gasteiger partial charge is 0.150 e. The fourth-order valence-electron chi connectivity index (χ4n) is 3.71. The average molecular weight is 371 g/mol. The largest absolute Gasteiger partial charge is 0.229 e. The van der Waals surface area contributed by atoms with Crippen LogP contribution in [0, 0.1) is 5.92 Å². The Hall–Kier alpha value is -0.350. The molecular formula is C17H23BrO2S. The van der Waals surface area contributed by atoms with E-state index in [0.717, 1.165) is 12.3 Å². The summed E-state index contributed by atoms with van der Waals surface area (Å²) in [6, 6.07) is 8.88. The molecule has 1 aromatic carbocycles. The van der Waals surface area contributed by atoms with Crippen molar-refractivity contribution in [1.82, 2.24) is 0 Å². The molecule has 0 bridgehead atoms. The highest BCUT2D eigenvalue weighted by Gasteiger charge is 2.33. The summed E-state index contributed by atoms with van der Waals surface area (Å²) in [7, 11) is -2.80. The van der Waals surface area contributed by atoms with E-state index in [1.165, 1.54) is 43.2 Å². The van der Waals surface area contributed by atoms with Crippen LogP contribution in [0.25, 0.3) is 0 Å². The Kier molecular flexibility index (Phi) is 4.75. The zero-order valence-corrected chi connectivity index (χ0v) is 14.7. The Morgan fingerprint density at radius 3 is 2.24 bits per heavy atom. The van der Waals surface area contributed by atoms with Gasteiger partial charge in [0.1, 0.15) is 0 Å². The van der Waals surface area contributed by atoms with Gasteiger partial charge in [-0.2, -0.15) is 0 Å². The van der Waals surface area contributed by atoms with Crippen LogP contribution in [0.5, 0.6) is 0 Å². The van der Waals surface area contributed by atoms with Crippen molar-refractivity contribution in [2.24, 2.45) is 5.92 Å². The SMILES string of the molecule is O=S1(=O)CCC(C(Br)c2ccc(C3CCCCC3)cc2)C1. The molecular weight excluding hydrogens is 348 g/mol. The Morgan fingerprint density at radius 2 is 1.67 bits per heavy atom. The molecule has 1 aliphatic heterocycles. The lowest BCUT2D eigenvalue weighted by Gasteiger charge is -2.23. The van der Waals surface area contributed by atoms with Crippen molar-refractivity contribution in [2.75, 3.05) is 11.5 Å². The molecule has 4 heteroatoms. The molecule has 0 amide bonds. The number of rotatable bonds is 3. The second kappa shape index (κ2) is 6.41. The van der Waals surface area contributed by atoms with Crippen molar-refractivity contribution in [1.29, 1.82) is 0 Å². The van der Waals surface area contributed by atoms with Crippen LogP contribution >= 0.6 is 15.9 Å². The molecule has 1 heterocycles. The molecule has 3 rings (SSSR count). The quantitative estimate of drug-likeness (QED) is 0.728. The zero-order valence-electron chi connectivity index (χ0n) is 12.3. The Morgan fingerprint density at radius 1 is 1.00 bits per heavy atom. The first-order valence-corrected chi connectivity index (χ1v) is 10.7. The first-order chi connectivity index (χ1) is 10.1. The molecule has 2 nitrogen and oxygen atoms in total. The van der Waals surface area contributed by atoms with Crippen LogP contribution in [0.4, 0.5) is 0 Å². The lowest BCUT2D eigenvalue weighted by atomic mass is 9.83. The van der Waals surface area contributed by atoms with Crippen LogP contribution in [-0.4, -0.2) is 19.9 Å². The van der Waals surface area contributed by atoms with Gasteiger partial charge in [0, 0.05) is 4.83 Å². The van der Waals surface area contributed by atoms with E-state index in [2.05, 4.69) is 40.2 Å². The number of benzene rings is 1. The van der Waals surface area contributed by atoms with Crippen molar-refractivity contribution < 1.29 is 8.42 Å². The van der Waals surface area contributed by atoms with E-state index in [1.807, 2.05) is 0 Å². The maximum Gasteiger partial charge on any atom is 0.150 e. The first-order valence-electron chi connectivity index (χ1n) is 7.99. The highest BCUT2D eigenvalue weighted by molar-refractivity contribution is 9.09. The fraction of sp³-hybridized carbons (Fsp3) is 0.647. The van der Waals surface area contributed by atoms with Crippen molar-refractivity contribution in [2.45, 2.75) is 49.3 Å². The number of alkyl halides is 1. The zero-order chi connectivity index (χ0) is 14.9. The van der Waals surface area contributed by atoms with Gasteiger partial charge in [0.2, 0.25) is 0 Å². The van der Waals surface area contributed by atoms with E-state index in [0.29, 0.717) is 11.5 Å². The summed E-state index contributed by atoms with van der Waals surface area (Å²) < 4.78 is 23.2. The van der Waals surface area contributed by atoms with Crippen molar-refractivity contribution >= 4 is 25.8 Å². The third-order valence-electron chi connectivity index (χ3n) is 5.01. The average Bonchev–Trinajstić information content (AvgIpc) is 2.88. The van der Waals surface area contributed by atoms with Gasteiger partial charge in [-0.1, -0.05) is 59.5 Å². The van der Waals surface area contributed by atoms with Crippen LogP contribution in [0.1, 0.15) is 60.4 Å². The minimum absolute atomic E-state index is 0.162. The molecule has 0 N–H and O–H groups in total. The predicted octanol–water partition coefficient (Wildman–Crippen LogP) is 4.61. The Bertz CT molecular complexity index is 573. The molecule has 2 aliphatic rings. The predicted molar refractivity (Wildman–Crippen MR) is 90.7 cm³/mol. The normalized spacial score (nSPS) is 27.6. The molecule has 2 atom stereocenters. The van der Waals surface area contributed by atoms with Gasteiger partial charge in [-0.15, -0.1) is 0 Å². The lowest BCUT2D eigenvalue weighted by molar-refractivity contribution is 0.443. The Labute approximate surface area is 136 Å². The molecule has 2 unspecified atom stereocenters. The Balaban J connectivity index is 1.69. The summed E-state index contributed by atoms with van der Waals surface area (Å²) in [4.78, 5) is 0.162. The van der Waals surface area contributed by atoms with Crippen molar-refractivity contribution in [3.63, 3.8) is 0 Å². The third kappa shape index (κ3) is 3.70. The van der Waals surface area contributed by atoms with E-state index in [4.69, 9.17) is 0 Å². The highest BCUT2D eigenvalue weighted by Crippen LogP contribution is 2.39. The van der Waals surface area contributed by atoms with Gasteiger partial charge in [-0.3, -0.25) is 0 Å². The molecule has 2 fully saturated rings. The molecule has 1 aromatic rings. The fourth-order valence-corrected chi connectivity index (χ4v) is 6.56. The van der Waals surface area contributed by atoms with Crippen LogP contribution in [0.15, 0.2) is 24.3 Å². The van der Waals surface area contributed by atoms with E-state index in [1.54, 1.807) is 0 Å². The standard InChI is InChI=1S/C17H23BrO2S/c18-17(16-10-11-21(19,20)12-16)15-8-6-14(7-9-15)13-4-2-1-3-5-13/h6-9,13,16-17H,1-5,10-12H2. The maximum atomic E-state index is 11.6. The summed E-state index contributed by atoms with van der Waals surface area (Å²) in [6.07, 6.45) is 7.51. The molecule has 0 radical (unpaired) electrons. The molecule has 0 spiro atoms. The number of halogens is 1. The van der Waals surface area contributed by atoms with Crippen molar-refractivity contribution in [3.05, 3.63) is 35.4 Å². The first kappa shape index (κ1) is 15.5. The number of hydrogen-bond donors (Lipinski definition) is 0. The monoisotopic (exact) mass is 370 g/mol. The lowest BCUT2D eigenvalue weighted by Crippen LogP contribution is -2.10. The highest BCUT2D eigenvalue weighted by atomic mass is 79.9. The topological polar surface area (TPSA) is 34.1 Å². The molecule has 116 valence electrons. The molecule has 1 saturated heterocycles. The maximum absolute atomic E-state index is 11.6. The van der Waals surface area contributed by atoms with Gasteiger partial charge in [0.25, 0.3) is 0 Å². The summed E-state index contributed by atoms with van der Waals surface area (Å²) >= 11 is 3.72. The third-order valence-corrected chi connectivity index (χ3v) is 8.08. The molecule has 0 aromatic heterocycles. The molecule has 21 heavy (non-hydrogen) atoms. The van der Waals surface area contributed by atoms with E-state index < -0.39 is 9.84 Å². The summed E-state index contributed by atoms with van der Waals surface area (Å²) in [5, 5.41) is 0. The van der Waals surface area contributed by atoms with E-state index >= 15 is 0 Å². The summed E-state index contributed by atoms with van der Waals surface area (Å²) in [6.45, 7) is 0. The van der Waals surface area contributed by atoms with Gasteiger partial charge in [0.15, 0.2) is 9.84 Å². The van der Waals surface area contributed by atoms with Crippen LogP contribution < -0.4 is 0 Å². The van der Waals surface area contributed by atoms with Gasteiger partial charge in [0.05, 0.1) is 11.5 Å². The van der Waals surface area contributed by atoms with Gasteiger partial charge < -0.3 is 0 Å². The van der Waals surface area contributed by atoms with Crippen molar-refractivity contribution in [3.8, 4) is 0 Å².